The van der Waals surface area contributed by atoms with Gasteiger partial charge in [0.2, 0.25) is 0 Å². The van der Waals surface area contributed by atoms with Gasteiger partial charge in [0, 0.05) is 6.04 Å². The summed E-state index contributed by atoms with van der Waals surface area (Å²) in [5.74, 6) is 0.677. The Kier molecular flexibility index (Phi) is 1.30. The number of hydrogen-bond donors (Lipinski definition) is 1. The highest BCUT2D eigenvalue weighted by molar-refractivity contribution is 5.97. The van der Waals surface area contributed by atoms with E-state index in [1.54, 1.807) is 6.07 Å². The van der Waals surface area contributed by atoms with E-state index in [2.05, 4.69) is 11.4 Å². The predicted molar refractivity (Wildman–Crippen MR) is 46.4 cm³/mol. The lowest BCUT2D eigenvalue weighted by atomic mass is 9.66. The van der Waals surface area contributed by atoms with Crippen molar-refractivity contribution < 1.29 is 9.21 Å². The summed E-state index contributed by atoms with van der Waals surface area (Å²) in [6.07, 6.45) is 2.26. The van der Waals surface area contributed by atoms with Crippen LogP contribution in [0.25, 0.3) is 0 Å². The van der Waals surface area contributed by atoms with Gasteiger partial charge in [-0.3, -0.25) is 4.79 Å². The van der Waals surface area contributed by atoms with Gasteiger partial charge in [-0.2, -0.15) is 5.26 Å². The quantitative estimate of drug-likeness (QED) is 0.661. The molecule has 0 radical (unpaired) electrons. The molecule has 2 heterocycles. The molecule has 1 fully saturated rings. The van der Waals surface area contributed by atoms with Gasteiger partial charge in [0.25, 0.3) is 5.91 Å². The van der Waals surface area contributed by atoms with Gasteiger partial charge in [-0.05, 0) is 12.5 Å². The van der Waals surface area contributed by atoms with E-state index in [-0.39, 0.29) is 23.8 Å². The van der Waals surface area contributed by atoms with Gasteiger partial charge >= 0.3 is 0 Å². The van der Waals surface area contributed by atoms with E-state index in [4.69, 9.17) is 9.68 Å². The molecule has 1 aromatic heterocycles. The molecule has 2 aliphatic rings. The summed E-state index contributed by atoms with van der Waals surface area (Å²) in [6.45, 7) is 0. The van der Waals surface area contributed by atoms with Crippen LogP contribution in [-0.4, -0.2) is 11.9 Å². The molecule has 0 bridgehead atoms. The van der Waals surface area contributed by atoms with Crippen LogP contribution in [0.4, 0.5) is 0 Å². The van der Waals surface area contributed by atoms with Gasteiger partial charge in [-0.1, -0.05) is 0 Å². The Hall–Kier alpha value is -1.76. The third-order valence-corrected chi connectivity index (χ3v) is 3.10. The first-order valence-electron chi connectivity index (χ1n) is 4.59. The second-order valence-electron chi connectivity index (χ2n) is 3.78. The van der Waals surface area contributed by atoms with Gasteiger partial charge in [0.1, 0.15) is 5.76 Å². The van der Waals surface area contributed by atoms with E-state index in [1.807, 2.05) is 0 Å². The van der Waals surface area contributed by atoms with E-state index in [0.717, 1.165) is 6.42 Å². The molecule has 1 N–H and O–H groups in total. The van der Waals surface area contributed by atoms with Crippen LogP contribution in [0.15, 0.2) is 16.7 Å². The Balaban J connectivity index is 2.08. The number of carbonyl (C=O) groups is 1. The zero-order valence-electron chi connectivity index (χ0n) is 7.36. The smallest absolute Gasteiger partial charge is 0.255 e. The lowest BCUT2D eigenvalue weighted by Gasteiger charge is -2.43. The van der Waals surface area contributed by atoms with Crippen LogP contribution in [0.5, 0.6) is 0 Å². The van der Waals surface area contributed by atoms with Crippen LogP contribution >= 0.6 is 0 Å². The minimum absolute atomic E-state index is 0.00880. The number of hydrogen-bond acceptors (Lipinski definition) is 3. The van der Waals surface area contributed by atoms with E-state index in [0.29, 0.717) is 11.3 Å². The zero-order valence-corrected chi connectivity index (χ0v) is 7.36. The monoisotopic (exact) mass is 188 g/mol. The minimum atomic E-state index is -0.0774. The number of nitrogens with one attached hydrogen (secondary N) is 1. The molecule has 1 saturated carbocycles. The molecule has 3 rings (SSSR count). The molecule has 1 amide bonds. The fraction of sp³-hybridized carbons (Fsp3) is 0.400. The molecule has 0 saturated heterocycles. The molecule has 0 unspecified atom stereocenters. The maximum Gasteiger partial charge on any atom is 0.255 e. The fourth-order valence-corrected chi connectivity index (χ4v) is 2.31. The molecule has 4 nitrogen and oxygen atoms in total. The number of nitrogens with zero attached hydrogens (tertiary/aromatic N) is 1. The number of carbonyl (C=O) groups excluding carboxylic acids is 1. The van der Waals surface area contributed by atoms with Gasteiger partial charge < -0.3 is 9.73 Å². The Morgan fingerprint density at radius 3 is 3.29 bits per heavy atom. The van der Waals surface area contributed by atoms with Crippen molar-refractivity contribution in [3.63, 3.8) is 0 Å². The molecule has 1 aliphatic heterocycles. The highest BCUT2D eigenvalue weighted by atomic mass is 16.3. The van der Waals surface area contributed by atoms with Crippen molar-refractivity contribution in [2.24, 2.45) is 5.92 Å². The molecular formula is C10H8N2O2. The lowest BCUT2D eigenvalue weighted by Crippen LogP contribution is -2.54. The maximum atomic E-state index is 11.5. The second kappa shape index (κ2) is 2.38. The molecule has 0 spiro atoms. The first kappa shape index (κ1) is 7.63. The third kappa shape index (κ3) is 0.746. The van der Waals surface area contributed by atoms with Crippen LogP contribution in [-0.2, 0) is 0 Å². The van der Waals surface area contributed by atoms with Gasteiger partial charge in [0.05, 0.1) is 29.7 Å². The number of nitriles is 1. The van der Waals surface area contributed by atoms with Crippen LogP contribution in [0.3, 0.4) is 0 Å². The van der Waals surface area contributed by atoms with Crippen LogP contribution in [0.2, 0.25) is 0 Å². The third-order valence-electron chi connectivity index (χ3n) is 3.10. The van der Waals surface area contributed by atoms with Gasteiger partial charge in [-0.25, -0.2) is 0 Å². The Bertz CT molecular complexity index is 443. The number of amides is 1. The van der Waals surface area contributed by atoms with Gasteiger partial charge in [-0.15, -0.1) is 0 Å². The number of fused-ring (bicyclic) bond motifs is 3. The standard InChI is InChI=1S/C10H8N2O2/c11-4-5-3-7-8(5)9-6(1-2-14-9)10(13)12-7/h1-2,5,7-8H,3H2,(H,12,13)/t5-,7+,8-/m0/s1. The van der Waals surface area contributed by atoms with Crippen molar-refractivity contribution in [2.75, 3.05) is 0 Å². The topological polar surface area (TPSA) is 66.0 Å². The van der Waals surface area contributed by atoms with Crippen LogP contribution in [0.1, 0.15) is 28.5 Å². The van der Waals surface area contributed by atoms with Crippen molar-refractivity contribution in [1.29, 1.82) is 5.26 Å². The summed E-state index contributed by atoms with van der Waals surface area (Å²) in [4.78, 5) is 11.5. The highest BCUT2D eigenvalue weighted by Crippen LogP contribution is 2.46. The highest BCUT2D eigenvalue weighted by Gasteiger charge is 2.49. The van der Waals surface area contributed by atoms with E-state index < -0.39 is 0 Å². The maximum absolute atomic E-state index is 11.5. The average molecular weight is 188 g/mol. The first-order chi connectivity index (χ1) is 6.81. The molecule has 14 heavy (non-hydrogen) atoms. The summed E-state index contributed by atoms with van der Waals surface area (Å²) >= 11 is 0. The Morgan fingerprint density at radius 2 is 2.50 bits per heavy atom. The van der Waals surface area contributed by atoms with Crippen LogP contribution < -0.4 is 5.32 Å². The predicted octanol–water partition coefficient (Wildman–Crippen LogP) is 1.02. The van der Waals surface area contributed by atoms with E-state index >= 15 is 0 Å². The summed E-state index contributed by atoms with van der Waals surface area (Å²) in [5, 5.41) is 11.7. The Labute approximate surface area is 80.5 Å². The summed E-state index contributed by atoms with van der Waals surface area (Å²) in [7, 11) is 0. The Morgan fingerprint density at radius 1 is 1.64 bits per heavy atom. The average Bonchev–Trinajstić information content (AvgIpc) is 2.58. The van der Waals surface area contributed by atoms with Crippen molar-refractivity contribution in [3.05, 3.63) is 23.7 Å². The molecule has 3 atom stereocenters. The van der Waals surface area contributed by atoms with Crippen molar-refractivity contribution in [3.8, 4) is 6.07 Å². The number of rotatable bonds is 0. The first-order valence-corrected chi connectivity index (χ1v) is 4.59. The summed E-state index contributed by atoms with van der Waals surface area (Å²) < 4.78 is 5.28. The molecule has 0 aromatic carbocycles. The van der Waals surface area contributed by atoms with Gasteiger partial charge in [0.15, 0.2) is 0 Å². The van der Waals surface area contributed by atoms with Crippen molar-refractivity contribution in [1.82, 2.24) is 5.32 Å². The largest absolute Gasteiger partial charge is 0.468 e. The summed E-state index contributed by atoms with van der Waals surface area (Å²) in [6, 6.07) is 4.00. The van der Waals surface area contributed by atoms with Crippen LogP contribution in [0, 0.1) is 17.2 Å². The fourth-order valence-electron chi connectivity index (χ4n) is 2.31. The number of furan rings is 1. The molecular weight excluding hydrogens is 180 g/mol. The lowest BCUT2D eigenvalue weighted by molar-refractivity contribution is 0.0824. The normalized spacial score (nSPS) is 33.4. The molecule has 1 aliphatic carbocycles. The molecule has 4 heteroatoms. The van der Waals surface area contributed by atoms with Crippen molar-refractivity contribution in [2.45, 2.75) is 18.4 Å². The summed E-state index contributed by atoms with van der Waals surface area (Å²) in [5.41, 5.74) is 0.589. The van der Waals surface area contributed by atoms with E-state index in [9.17, 15) is 4.79 Å². The zero-order chi connectivity index (χ0) is 9.71. The second-order valence-corrected chi connectivity index (χ2v) is 3.78. The van der Waals surface area contributed by atoms with E-state index in [1.165, 1.54) is 6.26 Å². The minimum Gasteiger partial charge on any atom is -0.468 e. The SMILES string of the molecule is N#C[C@@H]1C[C@H]2NC(=O)c3ccoc3[C@@H]12. The molecule has 1 aromatic rings. The molecule has 70 valence electrons. The van der Waals surface area contributed by atoms with Crippen molar-refractivity contribution >= 4 is 5.91 Å².